The fourth-order valence-corrected chi connectivity index (χ4v) is 16.4. The van der Waals surface area contributed by atoms with Crippen LogP contribution in [0.3, 0.4) is 0 Å². The maximum atomic E-state index is 13.9. The summed E-state index contributed by atoms with van der Waals surface area (Å²) in [4.78, 5) is 21.4. The summed E-state index contributed by atoms with van der Waals surface area (Å²) in [6.45, 7) is 15.3. The minimum absolute atomic E-state index is 0. The molecule has 14 aromatic rings. The Bertz CT molecular complexity index is 6040. The molecule has 7 aromatic carbocycles. The smallest absolute Gasteiger partial charge is 0.496 e. The van der Waals surface area contributed by atoms with Gasteiger partial charge < -0.3 is 32.3 Å². The van der Waals surface area contributed by atoms with Crippen molar-refractivity contribution in [3.05, 3.63) is 264 Å². The zero-order valence-corrected chi connectivity index (χ0v) is 62.4. The Labute approximate surface area is 625 Å². The van der Waals surface area contributed by atoms with Crippen LogP contribution < -0.4 is 13.8 Å². The van der Waals surface area contributed by atoms with E-state index in [1.807, 2.05) is 104 Å². The van der Waals surface area contributed by atoms with E-state index in [0.717, 1.165) is 55.8 Å². The fourth-order valence-electron chi connectivity index (χ4n) is 11.5. The molecule has 0 saturated carbocycles. The van der Waals surface area contributed by atoms with Gasteiger partial charge in [0.15, 0.2) is 11.3 Å². The topological polar surface area (TPSA) is 276 Å². The highest BCUT2D eigenvalue weighted by Crippen LogP contribution is 2.40. The van der Waals surface area contributed by atoms with Crippen molar-refractivity contribution in [2.45, 2.75) is 101 Å². The van der Waals surface area contributed by atoms with Crippen molar-refractivity contribution in [1.29, 1.82) is 0 Å². The van der Waals surface area contributed by atoms with Gasteiger partial charge in [-0.2, -0.15) is 16.8 Å². The van der Waals surface area contributed by atoms with Gasteiger partial charge in [-0.3, -0.25) is 0 Å². The summed E-state index contributed by atoms with van der Waals surface area (Å²) in [5.41, 5.74) is 10.1. The van der Waals surface area contributed by atoms with Crippen molar-refractivity contribution in [2.75, 3.05) is 0 Å². The molecule has 544 valence electrons. The van der Waals surface area contributed by atoms with Gasteiger partial charge in [0.25, 0.3) is 20.0 Å². The van der Waals surface area contributed by atoms with E-state index in [9.17, 15) is 38.8 Å². The van der Waals surface area contributed by atoms with Crippen molar-refractivity contribution in [2.24, 2.45) is 7.05 Å². The van der Waals surface area contributed by atoms with Crippen LogP contribution in [-0.2, 0) is 56.6 Å². The van der Waals surface area contributed by atoms with Gasteiger partial charge in [0.2, 0.25) is 0 Å². The Morgan fingerprint density at radius 3 is 1.31 bits per heavy atom. The van der Waals surface area contributed by atoms with Gasteiger partial charge in [-0.15, -0.1) is 0 Å². The lowest BCUT2D eigenvalue weighted by atomic mass is 9.79. The summed E-state index contributed by atoms with van der Waals surface area (Å²) in [6.07, 6.45) is 13.6. The molecule has 1 aliphatic rings. The maximum absolute atomic E-state index is 13.9. The molecule has 0 atom stereocenters. The average Bonchev–Trinajstić information content (AvgIpc) is 1.60. The lowest BCUT2D eigenvalue weighted by Gasteiger charge is -2.32. The molecule has 0 unspecified atom stereocenters. The first-order valence-corrected chi connectivity index (χ1v) is 39.0. The zero-order valence-electron chi connectivity index (χ0n) is 57.6. The quantitative estimate of drug-likeness (QED) is 0.0713. The highest BCUT2D eigenvalue weighted by Gasteiger charge is 2.52. The van der Waals surface area contributed by atoms with Crippen LogP contribution in [0.4, 0.5) is 0 Å². The standard InChI is InChI=1S/C33H33BN2O7S2.C27H21BrN2O5S2.C17H14N4O.2CH4/c1-22-7-15-27(16-8-22)44(37,38)36-21-30(29-19-25(20-35-31(29)36)34-42-32(3,4)33(5,6)43-34)24-11-13-26(14-12-24)41-45(39,40)28-17-9-23(2)10-18-28;1-18-3-11-23(12-4-18)36(31,32)30-17-26(25-15-21(28)16-29-27(25)30)20-7-9-22(10-8-20)35-37(33,34)24-13-5-19(2)6-14-24;1-21-7-6-18-17(21)12-8-14-15(10-20-16(14)19-9-12)11-2-4-13(22)5-3-11;;/h7-21H,1-6H3;3-17H,1-2H3;2-10,22H,1H3,(H,19,20);2*1H4. The number of fused-ring (bicyclic) bond motifs is 3. The number of phenols is 1. The normalized spacial score (nSPS) is 13.4. The summed E-state index contributed by atoms with van der Waals surface area (Å²) in [5.74, 6) is 1.40. The van der Waals surface area contributed by atoms with Crippen molar-refractivity contribution in [1.82, 2.24) is 37.4 Å². The van der Waals surface area contributed by atoms with E-state index in [0.29, 0.717) is 43.0 Å². The van der Waals surface area contributed by atoms with Crippen molar-refractivity contribution in [3.8, 4) is 62.0 Å². The van der Waals surface area contributed by atoms with E-state index in [4.69, 9.17) is 17.7 Å². The number of benzene rings is 7. The predicted molar refractivity (Wildman–Crippen MR) is 418 cm³/mol. The molecule has 0 spiro atoms. The van der Waals surface area contributed by atoms with Crippen molar-refractivity contribution < 1.29 is 56.5 Å². The molecular weight excluding hydrogens is 1490 g/mol. The molecule has 0 amide bonds. The van der Waals surface area contributed by atoms with Crippen molar-refractivity contribution in [3.63, 3.8) is 0 Å². The molecule has 1 aliphatic heterocycles. The molecule has 27 heteroatoms. The number of aromatic hydroxyl groups is 1. The summed E-state index contributed by atoms with van der Waals surface area (Å²) >= 11 is 3.42. The fraction of sp³-hybridized carbons (Fsp3) is 0.165. The first-order chi connectivity index (χ1) is 49.3. The van der Waals surface area contributed by atoms with E-state index >= 15 is 0 Å². The van der Waals surface area contributed by atoms with Gasteiger partial charge in [-0.05, 0) is 191 Å². The molecular formula is C79H76BBrN8O13S4. The minimum Gasteiger partial charge on any atom is -0.508 e. The number of aromatic nitrogens is 8. The number of nitrogens with one attached hydrogen (secondary N) is 1. The molecule has 21 nitrogen and oxygen atoms in total. The monoisotopic (exact) mass is 1560 g/mol. The lowest BCUT2D eigenvalue weighted by Crippen LogP contribution is -2.41. The van der Waals surface area contributed by atoms with Crippen LogP contribution in [0.25, 0.3) is 77.9 Å². The summed E-state index contributed by atoms with van der Waals surface area (Å²) in [7, 11) is -14.7. The van der Waals surface area contributed by atoms with Gasteiger partial charge in [0, 0.05) is 105 Å². The van der Waals surface area contributed by atoms with E-state index in [1.165, 1.54) is 68.9 Å². The number of aryl methyl sites for hydroxylation is 5. The first-order valence-electron chi connectivity index (χ1n) is 32.5. The van der Waals surface area contributed by atoms with E-state index in [-0.39, 0.29) is 63.0 Å². The Morgan fingerprint density at radius 2 is 0.877 bits per heavy atom. The number of hydrogen-bond acceptors (Lipinski definition) is 17. The van der Waals surface area contributed by atoms with Gasteiger partial charge in [0.1, 0.15) is 38.5 Å². The number of nitrogens with zero attached hydrogens (tertiary/aromatic N) is 7. The second-order valence-electron chi connectivity index (χ2n) is 26.0. The Hall–Kier alpha value is -10.5. The molecule has 0 bridgehead atoms. The highest BCUT2D eigenvalue weighted by atomic mass is 79.9. The number of H-pyrrole nitrogens is 1. The third-order valence-electron chi connectivity index (χ3n) is 18.0. The summed E-state index contributed by atoms with van der Waals surface area (Å²) in [6, 6.07) is 51.7. The summed E-state index contributed by atoms with van der Waals surface area (Å²) < 4.78 is 134. The number of phenolic OH excluding ortho intramolecular Hbond substituents is 1. The summed E-state index contributed by atoms with van der Waals surface area (Å²) in [5, 5.41) is 11.6. The van der Waals surface area contributed by atoms with Gasteiger partial charge >= 0.3 is 27.4 Å². The molecule has 0 aliphatic carbocycles. The Kier molecular flexibility index (Phi) is 21.5. The molecule has 1 saturated heterocycles. The number of pyridine rings is 3. The number of hydrogen-bond donors (Lipinski definition) is 2. The van der Waals surface area contributed by atoms with E-state index in [1.54, 1.807) is 134 Å². The number of imidazole rings is 1. The van der Waals surface area contributed by atoms with E-state index < -0.39 is 58.6 Å². The minimum atomic E-state index is -4.05. The van der Waals surface area contributed by atoms with Crippen LogP contribution in [0.5, 0.6) is 17.2 Å². The lowest BCUT2D eigenvalue weighted by molar-refractivity contribution is 0.00578. The zero-order chi connectivity index (χ0) is 73.8. The molecule has 8 heterocycles. The van der Waals surface area contributed by atoms with Crippen LogP contribution >= 0.6 is 15.9 Å². The Morgan fingerprint density at radius 1 is 0.472 bits per heavy atom. The van der Waals surface area contributed by atoms with E-state index in [2.05, 4.69) is 46.9 Å². The van der Waals surface area contributed by atoms with Crippen molar-refractivity contribution >= 4 is 102 Å². The number of halogens is 1. The van der Waals surface area contributed by atoms with Gasteiger partial charge in [-0.1, -0.05) is 122 Å². The second-order valence-corrected chi connectivity index (χ2v) is 33.7. The van der Waals surface area contributed by atoms with Gasteiger partial charge in [0.05, 0.1) is 21.0 Å². The maximum Gasteiger partial charge on any atom is 0.496 e. The molecule has 15 rings (SSSR count). The van der Waals surface area contributed by atoms with Crippen LogP contribution in [-0.4, -0.2) is 94.5 Å². The second kappa shape index (κ2) is 29.8. The predicted octanol–water partition coefficient (Wildman–Crippen LogP) is 16.3. The SMILES string of the molecule is C.C.Cc1ccc(S(=O)(=O)Oc2ccc(-c3cn(S(=O)(=O)c4ccc(C)cc4)c4ncc(B5OC(C)(C)C(C)(C)O5)cc34)cc2)cc1.Cc1ccc(S(=O)(=O)Oc2ccc(-c3cn(S(=O)(=O)c4ccc(C)cc4)c4ncc(Br)cc34)cc2)cc1.Cn1ccnc1-c1cnc2[nH]cc(-c3ccc(O)cc3)c2c1. The van der Waals surface area contributed by atoms with Gasteiger partial charge in [-0.25, -0.2) is 44.7 Å². The highest BCUT2D eigenvalue weighted by molar-refractivity contribution is 9.10. The largest absolute Gasteiger partial charge is 0.508 e. The first kappa shape index (κ1) is 76.6. The number of aromatic amines is 1. The van der Waals surface area contributed by atoms with Crippen LogP contribution in [0.2, 0.25) is 0 Å². The Balaban J connectivity index is 0.000000165. The van der Waals surface area contributed by atoms with Crippen LogP contribution in [0.1, 0.15) is 64.8 Å². The molecule has 106 heavy (non-hydrogen) atoms. The third kappa shape index (κ3) is 15.6. The average molecular weight is 1560 g/mol. The number of rotatable bonds is 15. The van der Waals surface area contributed by atoms with Crippen LogP contribution in [0.15, 0.2) is 262 Å². The van der Waals surface area contributed by atoms with Crippen LogP contribution in [0, 0.1) is 27.7 Å². The molecule has 1 fully saturated rings. The third-order valence-corrected chi connectivity index (χ3v) is 24.3. The molecule has 0 radical (unpaired) electrons. The molecule has 2 N–H and O–H groups in total. The molecule has 7 aromatic heterocycles.